The van der Waals surface area contributed by atoms with E-state index in [-0.39, 0.29) is 0 Å². The second-order valence-corrected chi connectivity index (χ2v) is 3.16. The van der Waals surface area contributed by atoms with Crippen molar-refractivity contribution in [3.05, 3.63) is 48.1 Å². The Bertz CT molecular complexity index is 429. The molecular formula is C10H10N4O. The van der Waals surface area contributed by atoms with E-state index in [0.717, 1.165) is 5.69 Å². The molecule has 2 aromatic rings. The van der Waals surface area contributed by atoms with Crippen molar-refractivity contribution in [1.82, 2.24) is 19.9 Å². The first-order valence-corrected chi connectivity index (χ1v) is 4.49. The summed E-state index contributed by atoms with van der Waals surface area (Å²) < 4.78 is 0. The molecule has 15 heavy (non-hydrogen) atoms. The summed E-state index contributed by atoms with van der Waals surface area (Å²) >= 11 is 0. The molecule has 0 fully saturated rings. The minimum absolute atomic E-state index is 0.496. The zero-order valence-corrected chi connectivity index (χ0v) is 8.20. The van der Waals surface area contributed by atoms with Crippen LogP contribution in [0.15, 0.2) is 31.1 Å². The number of aromatic nitrogens is 4. The first-order valence-electron chi connectivity index (χ1n) is 4.49. The van der Waals surface area contributed by atoms with Crippen molar-refractivity contribution < 1.29 is 5.11 Å². The predicted octanol–water partition coefficient (Wildman–Crippen LogP) is 0.657. The van der Waals surface area contributed by atoms with Crippen molar-refractivity contribution in [2.24, 2.45) is 0 Å². The number of nitrogens with zero attached hydrogens (tertiary/aromatic N) is 4. The maximum atomic E-state index is 9.90. The van der Waals surface area contributed by atoms with Gasteiger partial charge >= 0.3 is 0 Å². The van der Waals surface area contributed by atoms with Crippen molar-refractivity contribution in [2.45, 2.75) is 13.0 Å². The third kappa shape index (κ3) is 2.13. The van der Waals surface area contributed by atoms with Crippen LogP contribution in [0.2, 0.25) is 0 Å². The highest BCUT2D eigenvalue weighted by atomic mass is 16.3. The summed E-state index contributed by atoms with van der Waals surface area (Å²) in [5.74, 6) is 0. The fraction of sp³-hybridized carbons (Fsp3) is 0.200. The van der Waals surface area contributed by atoms with Gasteiger partial charge in [-0.2, -0.15) is 0 Å². The molecule has 0 aliphatic rings. The Morgan fingerprint density at radius 1 is 1.07 bits per heavy atom. The van der Waals surface area contributed by atoms with Crippen LogP contribution >= 0.6 is 0 Å². The topological polar surface area (TPSA) is 71.8 Å². The molecular weight excluding hydrogens is 192 g/mol. The number of aliphatic hydroxyl groups is 1. The van der Waals surface area contributed by atoms with Gasteiger partial charge in [0.15, 0.2) is 0 Å². The lowest BCUT2D eigenvalue weighted by molar-refractivity contribution is 0.214. The van der Waals surface area contributed by atoms with Crippen molar-refractivity contribution in [3.8, 4) is 0 Å². The molecule has 0 saturated heterocycles. The molecule has 1 unspecified atom stereocenters. The quantitative estimate of drug-likeness (QED) is 0.774. The van der Waals surface area contributed by atoms with Crippen LogP contribution in [-0.2, 0) is 0 Å². The minimum atomic E-state index is -0.820. The molecule has 0 amide bonds. The third-order valence-corrected chi connectivity index (χ3v) is 1.98. The van der Waals surface area contributed by atoms with E-state index in [1.807, 2.05) is 6.92 Å². The first-order chi connectivity index (χ1) is 7.27. The Morgan fingerprint density at radius 3 is 2.40 bits per heavy atom. The maximum Gasteiger partial charge on any atom is 0.125 e. The SMILES string of the molecule is Cc1cnc(C(O)c2cncnc2)cn1. The number of aliphatic hydroxyl groups excluding tert-OH is 1. The molecule has 2 heterocycles. The monoisotopic (exact) mass is 202 g/mol. The van der Waals surface area contributed by atoms with Crippen molar-refractivity contribution in [1.29, 1.82) is 0 Å². The molecule has 0 aliphatic heterocycles. The summed E-state index contributed by atoms with van der Waals surface area (Å²) in [5, 5.41) is 9.90. The van der Waals surface area contributed by atoms with Gasteiger partial charge in [-0.15, -0.1) is 0 Å². The molecule has 0 aliphatic carbocycles. The van der Waals surface area contributed by atoms with Crippen LogP contribution in [0.25, 0.3) is 0 Å². The smallest absolute Gasteiger partial charge is 0.125 e. The lowest BCUT2D eigenvalue weighted by Gasteiger charge is -2.08. The Balaban J connectivity index is 2.29. The van der Waals surface area contributed by atoms with Crippen LogP contribution in [-0.4, -0.2) is 25.0 Å². The average Bonchev–Trinajstić information content (AvgIpc) is 2.30. The maximum absolute atomic E-state index is 9.90. The van der Waals surface area contributed by atoms with E-state index < -0.39 is 6.10 Å². The zero-order chi connectivity index (χ0) is 10.7. The summed E-state index contributed by atoms with van der Waals surface area (Å²) in [7, 11) is 0. The number of aryl methyl sites for hydroxylation is 1. The van der Waals surface area contributed by atoms with Gasteiger partial charge in [-0.3, -0.25) is 9.97 Å². The van der Waals surface area contributed by atoms with E-state index in [2.05, 4.69) is 19.9 Å². The lowest BCUT2D eigenvalue weighted by atomic mass is 10.1. The second kappa shape index (κ2) is 4.10. The average molecular weight is 202 g/mol. The summed E-state index contributed by atoms with van der Waals surface area (Å²) in [6, 6.07) is 0. The highest BCUT2D eigenvalue weighted by molar-refractivity contribution is 5.18. The van der Waals surface area contributed by atoms with Gasteiger partial charge in [-0.1, -0.05) is 0 Å². The van der Waals surface area contributed by atoms with Gasteiger partial charge < -0.3 is 5.11 Å². The van der Waals surface area contributed by atoms with Gasteiger partial charge in [-0.05, 0) is 6.92 Å². The molecule has 1 atom stereocenters. The van der Waals surface area contributed by atoms with Gasteiger partial charge in [0, 0.05) is 24.2 Å². The fourth-order valence-corrected chi connectivity index (χ4v) is 1.17. The molecule has 2 aromatic heterocycles. The minimum Gasteiger partial charge on any atom is -0.382 e. The van der Waals surface area contributed by atoms with Gasteiger partial charge in [0.2, 0.25) is 0 Å². The fourth-order valence-electron chi connectivity index (χ4n) is 1.17. The Hall–Kier alpha value is -1.88. The van der Waals surface area contributed by atoms with Crippen LogP contribution in [0.3, 0.4) is 0 Å². The molecule has 5 heteroatoms. The molecule has 0 saturated carbocycles. The Labute approximate surface area is 86.9 Å². The first kappa shape index (κ1) is 9.67. The van der Waals surface area contributed by atoms with E-state index in [1.54, 1.807) is 24.8 Å². The summed E-state index contributed by atoms with van der Waals surface area (Å²) in [5.41, 5.74) is 1.92. The molecule has 0 radical (unpaired) electrons. The van der Waals surface area contributed by atoms with E-state index >= 15 is 0 Å². The van der Waals surface area contributed by atoms with Crippen molar-refractivity contribution in [3.63, 3.8) is 0 Å². The third-order valence-electron chi connectivity index (χ3n) is 1.98. The number of rotatable bonds is 2. The normalized spacial score (nSPS) is 12.4. The largest absolute Gasteiger partial charge is 0.382 e. The van der Waals surface area contributed by atoms with Crippen molar-refractivity contribution in [2.75, 3.05) is 0 Å². The Morgan fingerprint density at radius 2 is 1.80 bits per heavy atom. The highest BCUT2D eigenvalue weighted by Gasteiger charge is 2.12. The van der Waals surface area contributed by atoms with Gasteiger partial charge in [0.05, 0.1) is 17.6 Å². The molecule has 1 N–H and O–H groups in total. The lowest BCUT2D eigenvalue weighted by Crippen LogP contribution is -2.04. The predicted molar refractivity (Wildman–Crippen MR) is 52.9 cm³/mol. The van der Waals surface area contributed by atoms with E-state index in [4.69, 9.17) is 0 Å². The van der Waals surface area contributed by atoms with Gasteiger partial charge in [-0.25, -0.2) is 9.97 Å². The summed E-state index contributed by atoms with van der Waals surface area (Å²) in [6.07, 6.45) is 6.87. The van der Waals surface area contributed by atoms with Crippen LogP contribution in [0.5, 0.6) is 0 Å². The van der Waals surface area contributed by atoms with Crippen LogP contribution in [0.4, 0.5) is 0 Å². The van der Waals surface area contributed by atoms with Crippen LogP contribution in [0.1, 0.15) is 23.1 Å². The Kier molecular flexibility index (Phi) is 2.64. The molecule has 0 spiro atoms. The van der Waals surface area contributed by atoms with Gasteiger partial charge in [0.25, 0.3) is 0 Å². The number of hydrogen-bond donors (Lipinski definition) is 1. The highest BCUT2D eigenvalue weighted by Crippen LogP contribution is 2.17. The van der Waals surface area contributed by atoms with Crippen LogP contribution in [0, 0.1) is 6.92 Å². The summed E-state index contributed by atoms with van der Waals surface area (Å²) in [6.45, 7) is 1.84. The van der Waals surface area contributed by atoms with E-state index in [0.29, 0.717) is 11.3 Å². The second-order valence-electron chi connectivity index (χ2n) is 3.16. The molecule has 76 valence electrons. The molecule has 5 nitrogen and oxygen atoms in total. The van der Waals surface area contributed by atoms with E-state index in [1.165, 1.54) is 6.33 Å². The van der Waals surface area contributed by atoms with Crippen LogP contribution < -0.4 is 0 Å². The van der Waals surface area contributed by atoms with Crippen molar-refractivity contribution >= 4 is 0 Å². The molecule has 2 rings (SSSR count). The summed E-state index contributed by atoms with van der Waals surface area (Å²) in [4.78, 5) is 15.8. The van der Waals surface area contributed by atoms with Gasteiger partial charge in [0.1, 0.15) is 12.4 Å². The molecule has 0 aromatic carbocycles. The van der Waals surface area contributed by atoms with E-state index in [9.17, 15) is 5.11 Å². The zero-order valence-electron chi connectivity index (χ0n) is 8.20. The number of hydrogen-bond acceptors (Lipinski definition) is 5. The molecule has 0 bridgehead atoms. The standard InChI is InChI=1S/C10H10N4O/c1-7-2-14-9(5-13-7)10(15)8-3-11-6-12-4-8/h2-6,10,15H,1H3.